The van der Waals surface area contributed by atoms with Gasteiger partial charge in [0.05, 0.1) is 0 Å². The summed E-state index contributed by atoms with van der Waals surface area (Å²) in [4.78, 5) is 9.25. The molecule has 0 spiro atoms. The van der Waals surface area contributed by atoms with Gasteiger partial charge in [0.25, 0.3) is 0 Å². The molecular weight excluding hydrogens is 873 g/mol. The quantitative estimate of drug-likeness (QED) is 0.108. The van der Waals surface area contributed by atoms with Crippen molar-refractivity contribution in [3.8, 4) is 22.3 Å². The first-order valence-electron chi connectivity index (χ1n) is 24.6. The number of para-hydroxylation sites is 4. The van der Waals surface area contributed by atoms with Gasteiger partial charge in [-0.05, 0) is 182 Å². The smallest absolute Gasteiger partial charge is 0.0463 e. The van der Waals surface area contributed by atoms with Gasteiger partial charge in [0.15, 0.2) is 0 Å². The van der Waals surface area contributed by atoms with E-state index in [-0.39, 0.29) is 0 Å². The van der Waals surface area contributed by atoms with E-state index in [1.165, 1.54) is 22.3 Å². The van der Waals surface area contributed by atoms with E-state index < -0.39 is 0 Å². The third-order valence-electron chi connectivity index (χ3n) is 13.2. The molecule has 0 radical (unpaired) electrons. The first-order chi connectivity index (χ1) is 35.5. The molecule has 11 aromatic rings. The molecule has 0 aliphatic heterocycles. The highest BCUT2D eigenvalue weighted by molar-refractivity contribution is 5.84. The molecule has 0 aliphatic carbocycles. The average molecular weight is 927 g/mol. The van der Waals surface area contributed by atoms with Crippen LogP contribution in [0.1, 0.15) is 11.1 Å². The van der Waals surface area contributed by atoms with Gasteiger partial charge in [-0.3, -0.25) is 0 Å². The Hall–Kier alpha value is -9.38. The summed E-state index contributed by atoms with van der Waals surface area (Å²) in [5.74, 6) is 0. The van der Waals surface area contributed by atoms with Crippen LogP contribution >= 0.6 is 0 Å². The van der Waals surface area contributed by atoms with Gasteiger partial charge in [0.1, 0.15) is 0 Å². The summed E-state index contributed by atoms with van der Waals surface area (Å²) in [7, 11) is 0. The maximum absolute atomic E-state index is 2.32. The monoisotopic (exact) mass is 926 g/mol. The molecule has 0 heterocycles. The molecule has 4 nitrogen and oxygen atoms in total. The predicted molar refractivity (Wildman–Crippen MR) is 306 cm³/mol. The summed E-state index contributed by atoms with van der Waals surface area (Å²) >= 11 is 0. The fourth-order valence-electron chi connectivity index (χ4n) is 9.45. The van der Waals surface area contributed by atoms with Crippen molar-refractivity contribution in [1.82, 2.24) is 0 Å². The van der Waals surface area contributed by atoms with Crippen molar-refractivity contribution in [2.45, 2.75) is 13.8 Å². The van der Waals surface area contributed by atoms with E-state index >= 15 is 0 Å². The number of benzene rings is 11. The first kappa shape index (κ1) is 45.1. The van der Waals surface area contributed by atoms with Crippen molar-refractivity contribution in [3.63, 3.8) is 0 Å². The largest absolute Gasteiger partial charge is 0.311 e. The number of anilines is 12. The topological polar surface area (TPSA) is 13.0 Å². The molecule has 0 aromatic heterocycles. The number of rotatable bonds is 14. The third-order valence-corrected chi connectivity index (χ3v) is 13.2. The van der Waals surface area contributed by atoms with Crippen molar-refractivity contribution < 1.29 is 0 Å². The molecule has 72 heavy (non-hydrogen) atoms. The minimum absolute atomic E-state index is 1.08. The molecule has 0 amide bonds. The predicted octanol–water partition coefficient (Wildman–Crippen LogP) is 19.5. The fraction of sp³-hybridized carbons (Fsp3) is 0.0294. The molecule has 0 saturated heterocycles. The molecular formula is C68H54N4. The summed E-state index contributed by atoms with van der Waals surface area (Å²) in [6, 6.07) is 104. The fourth-order valence-corrected chi connectivity index (χ4v) is 9.45. The molecule has 0 atom stereocenters. The molecule has 346 valence electrons. The second kappa shape index (κ2) is 20.7. The highest BCUT2D eigenvalue weighted by Crippen LogP contribution is 2.42. The zero-order chi connectivity index (χ0) is 48.6. The standard InChI is InChI=1S/C68H54N4/c1-51-23-35-61(36-24-51)69(57-15-7-3-8-16-57)65-43-47-67(48-44-65)71(59-19-11-5-12-20-59)63-39-31-55(32-40-63)53-27-29-54(30-28-53)56-33-41-64(42-34-56)72(60-21-13-6-14-22-60)68-49-45-66(46-50-68)70(58-17-9-4-10-18-58)62-37-25-52(2)26-38-62/h3-50H,1-2H3. The molecule has 0 saturated carbocycles. The van der Waals surface area contributed by atoms with Gasteiger partial charge in [-0.25, -0.2) is 0 Å². The van der Waals surface area contributed by atoms with Crippen molar-refractivity contribution in [1.29, 1.82) is 0 Å². The SMILES string of the molecule is Cc1ccc(N(c2ccccc2)c2ccc(N(c3ccccc3)c3ccc(-c4ccc(-c5ccc(N(c6ccccc6)c6ccc(N(c7ccccc7)c7ccc(C)cc7)cc6)cc5)cc4)cc3)cc2)cc1. The van der Waals surface area contributed by atoms with Gasteiger partial charge in [-0.15, -0.1) is 0 Å². The van der Waals surface area contributed by atoms with E-state index in [1.54, 1.807) is 0 Å². The van der Waals surface area contributed by atoms with Gasteiger partial charge in [0.2, 0.25) is 0 Å². The Labute approximate surface area is 424 Å². The Kier molecular flexibility index (Phi) is 13.0. The van der Waals surface area contributed by atoms with Crippen LogP contribution in [0.5, 0.6) is 0 Å². The Morgan fingerprint density at radius 3 is 0.486 bits per heavy atom. The van der Waals surface area contributed by atoms with E-state index in [0.717, 1.165) is 79.4 Å². The van der Waals surface area contributed by atoms with Crippen LogP contribution < -0.4 is 19.6 Å². The Morgan fingerprint density at radius 2 is 0.292 bits per heavy atom. The summed E-state index contributed by atoms with van der Waals surface area (Å²) in [6.45, 7) is 4.25. The summed E-state index contributed by atoms with van der Waals surface area (Å²) in [5, 5.41) is 0. The lowest BCUT2D eigenvalue weighted by atomic mass is 9.99. The average Bonchev–Trinajstić information content (AvgIpc) is 3.45. The lowest BCUT2D eigenvalue weighted by molar-refractivity contribution is 1.25. The van der Waals surface area contributed by atoms with E-state index in [9.17, 15) is 0 Å². The number of nitrogens with zero attached hydrogens (tertiary/aromatic N) is 4. The van der Waals surface area contributed by atoms with Crippen molar-refractivity contribution in [2.24, 2.45) is 0 Å². The van der Waals surface area contributed by atoms with Crippen LogP contribution in [0.2, 0.25) is 0 Å². The maximum atomic E-state index is 2.32. The molecule has 0 unspecified atom stereocenters. The van der Waals surface area contributed by atoms with Crippen molar-refractivity contribution >= 4 is 68.2 Å². The van der Waals surface area contributed by atoms with Gasteiger partial charge >= 0.3 is 0 Å². The second-order valence-electron chi connectivity index (χ2n) is 18.1. The van der Waals surface area contributed by atoms with E-state index in [0.29, 0.717) is 0 Å². The van der Waals surface area contributed by atoms with Crippen LogP contribution in [0, 0.1) is 13.8 Å². The van der Waals surface area contributed by atoms with E-state index in [4.69, 9.17) is 0 Å². The van der Waals surface area contributed by atoms with Crippen LogP contribution in [0.3, 0.4) is 0 Å². The Balaban J connectivity index is 0.830. The highest BCUT2D eigenvalue weighted by Gasteiger charge is 2.18. The lowest BCUT2D eigenvalue weighted by Gasteiger charge is -2.28. The van der Waals surface area contributed by atoms with Crippen molar-refractivity contribution in [3.05, 3.63) is 302 Å². The Bertz CT molecular complexity index is 3220. The number of aryl methyl sites for hydroxylation is 2. The van der Waals surface area contributed by atoms with Crippen LogP contribution in [0.15, 0.2) is 291 Å². The van der Waals surface area contributed by atoms with Gasteiger partial charge in [0, 0.05) is 68.2 Å². The zero-order valence-corrected chi connectivity index (χ0v) is 40.5. The first-order valence-corrected chi connectivity index (χ1v) is 24.6. The van der Waals surface area contributed by atoms with Gasteiger partial charge in [-0.2, -0.15) is 0 Å². The maximum Gasteiger partial charge on any atom is 0.0463 e. The van der Waals surface area contributed by atoms with E-state index in [1.807, 2.05) is 0 Å². The second-order valence-corrected chi connectivity index (χ2v) is 18.1. The molecule has 0 bridgehead atoms. The minimum Gasteiger partial charge on any atom is -0.311 e. The molecule has 11 aromatic carbocycles. The lowest BCUT2D eigenvalue weighted by Crippen LogP contribution is -2.12. The van der Waals surface area contributed by atoms with Gasteiger partial charge in [-0.1, -0.05) is 157 Å². The van der Waals surface area contributed by atoms with E-state index in [2.05, 4.69) is 325 Å². The highest BCUT2D eigenvalue weighted by atomic mass is 15.2. The molecule has 4 heteroatoms. The Morgan fingerprint density at radius 1 is 0.153 bits per heavy atom. The zero-order valence-electron chi connectivity index (χ0n) is 40.5. The minimum atomic E-state index is 1.08. The summed E-state index contributed by atoms with van der Waals surface area (Å²) in [6.07, 6.45) is 0. The van der Waals surface area contributed by atoms with Crippen LogP contribution in [0.4, 0.5) is 68.2 Å². The molecule has 0 aliphatic rings. The molecule has 11 rings (SSSR count). The summed E-state index contributed by atoms with van der Waals surface area (Å²) in [5.41, 5.74) is 20.3. The van der Waals surface area contributed by atoms with Crippen LogP contribution in [-0.2, 0) is 0 Å². The number of hydrogen-bond acceptors (Lipinski definition) is 4. The summed E-state index contributed by atoms with van der Waals surface area (Å²) < 4.78 is 0. The molecule has 0 fully saturated rings. The normalized spacial score (nSPS) is 10.9. The third kappa shape index (κ3) is 9.76. The van der Waals surface area contributed by atoms with Crippen molar-refractivity contribution in [2.75, 3.05) is 19.6 Å². The van der Waals surface area contributed by atoms with Crippen LogP contribution in [-0.4, -0.2) is 0 Å². The molecule has 0 N–H and O–H groups in total. The van der Waals surface area contributed by atoms with Crippen LogP contribution in [0.25, 0.3) is 22.3 Å². The number of hydrogen-bond donors (Lipinski definition) is 0. The van der Waals surface area contributed by atoms with Gasteiger partial charge < -0.3 is 19.6 Å².